The maximum atomic E-state index is 11.6. The second-order valence-electron chi connectivity index (χ2n) is 3.48. The van der Waals surface area contributed by atoms with Crippen molar-refractivity contribution in [2.45, 2.75) is 6.42 Å². The number of ether oxygens (including phenoxy) is 1. The fraction of sp³-hybridized carbons (Fsp3) is 0.300. The molecule has 0 aromatic heterocycles. The number of carbonyl (C=O) groups excluding carboxylic acids is 1. The van der Waals surface area contributed by atoms with E-state index in [0.717, 1.165) is 0 Å². The van der Waals surface area contributed by atoms with Crippen molar-refractivity contribution in [3.63, 3.8) is 0 Å². The van der Waals surface area contributed by atoms with Gasteiger partial charge in [0.15, 0.2) is 0 Å². The average Bonchev–Trinajstić information content (AvgIpc) is 2.30. The average molecular weight is 337 g/mol. The summed E-state index contributed by atoms with van der Waals surface area (Å²) >= 11 is 3.20. The van der Waals surface area contributed by atoms with Crippen LogP contribution in [0.4, 0.5) is 11.4 Å². The number of carbonyl (C=O) groups is 1. The molecule has 1 aromatic carbocycles. The van der Waals surface area contributed by atoms with Crippen molar-refractivity contribution in [1.29, 1.82) is 0 Å². The zero-order valence-corrected chi connectivity index (χ0v) is 12.0. The topological polar surface area (TPSA) is 98.5 Å². The Morgan fingerprint density at radius 2 is 2.17 bits per heavy atom. The maximum absolute atomic E-state index is 11.6. The van der Waals surface area contributed by atoms with E-state index in [9.17, 15) is 13.2 Å². The third-order valence-electron chi connectivity index (χ3n) is 2.07. The second-order valence-corrected chi connectivity index (χ2v) is 6.18. The molecule has 8 heteroatoms. The number of sulfonamides is 1. The van der Waals surface area contributed by atoms with E-state index in [1.807, 2.05) is 0 Å². The summed E-state index contributed by atoms with van der Waals surface area (Å²) < 4.78 is 30.7. The lowest BCUT2D eigenvalue weighted by atomic mass is 10.3. The zero-order chi connectivity index (χ0) is 13.8. The Bertz CT molecular complexity index is 545. The molecule has 0 bridgehead atoms. The number of anilines is 2. The normalized spacial score (nSPS) is 11.0. The highest BCUT2D eigenvalue weighted by atomic mass is 79.9. The van der Waals surface area contributed by atoms with Crippen LogP contribution in [-0.4, -0.2) is 27.2 Å². The Kier molecular flexibility index (Phi) is 4.97. The Balaban J connectivity index is 2.70. The van der Waals surface area contributed by atoms with Crippen LogP contribution >= 0.6 is 15.9 Å². The highest BCUT2D eigenvalue weighted by molar-refractivity contribution is 9.10. The monoisotopic (exact) mass is 336 g/mol. The fourth-order valence-electron chi connectivity index (χ4n) is 1.16. The summed E-state index contributed by atoms with van der Waals surface area (Å²) in [5, 5.41) is 0. The Hall–Kier alpha value is -1.28. The molecule has 0 aliphatic heterocycles. The van der Waals surface area contributed by atoms with Gasteiger partial charge in [0, 0.05) is 10.2 Å². The molecule has 18 heavy (non-hydrogen) atoms. The van der Waals surface area contributed by atoms with Crippen LogP contribution in [0.5, 0.6) is 0 Å². The minimum Gasteiger partial charge on any atom is -0.469 e. The van der Waals surface area contributed by atoms with Gasteiger partial charge in [-0.25, -0.2) is 8.42 Å². The SMILES string of the molecule is COC(=O)CCS(=O)(=O)Nc1ccc(Br)c(N)c1. The molecule has 1 rings (SSSR count). The first-order valence-electron chi connectivity index (χ1n) is 4.96. The van der Waals surface area contributed by atoms with Gasteiger partial charge in [-0.15, -0.1) is 0 Å². The minimum atomic E-state index is -3.59. The minimum absolute atomic E-state index is 0.197. The number of nitrogens with one attached hydrogen (secondary N) is 1. The van der Waals surface area contributed by atoms with Crippen LogP contribution in [0.2, 0.25) is 0 Å². The highest BCUT2D eigenvalue weighted by Gasteiger charge is 2.14. The number of methoxy groups -OCH3 is 1. The van der Waals surface area contributed by atoms with Gasteiger partial charge in [0.2, 0.25) is 10.0 Å². The van der Waals surface area contributed by atoms with E-state index in [1.54, 1.807) is 12.1 Å². The molecule has 1 aromatic rings. The van der Waals surface area contributed by atoms with E-state index >= 15 is 0 Å². The standard InChI is InChI=1S/C10H13BrN2O4S/c1-17-10(14)4-5-18(15,16)13-7-2-3-8(11)9(12)6-7/h2-3,6,13H,4-5,12H2,1H3. The Morgan fingerprint density at radius 1 is 1.50 bits per heavy atom. The van der Waals surface area contributed by atoms with E-state index in [2.05, 4.69) is 25.4 Å². The number of hydrogen-bond donors (Lipinski definition) is 2. The fourth-order valence-corrected chi connectivity index (χ4v) is 2.43. The lowest BCUT2D eigenvalue weighted by Crippen LogP contribution is -2.19. The Morgan fingerprint density at radius 3 is 2.72 bits per heavy atom. The van der Waals surface area contributed by atoms with Crippen molar-refractivity contribution in [2.75, 3.05) is 23.3 Å². The molecule has 0 heterocycles. The van der Waals surface area contributed by atoms with Crippen molar-refractivity contribution in [3.8, 4) is 0 Å². The molecule has 3 N–H and O–H groups in total. The van der Waals surface area contributed by atoms with E-state index in [-0.39, 0.29) is 12.2 Å². The summed E-state index contributed by atoms with van der Waals surface area (Å²) in [4.78, 5) is 10.9. The van der Waals surface area contributed by atoms with Crippen molar-refractivity contribution in [2.24, 2.45) is 0 Å². The molecule has 0 spiro atoms. The van der Waals surface area contributed by atoms with E-state index in [0.29, 0.717) is 15.8 Å². The third kappa shape index (κ3) is 4.53. The number of rotatable bonds is 5. The number of esters is 1. The van der Waals surface area contributed by atoms with Crippen LogP contribution in [0, 0.1) is 0 Å². The van der Waals surface area contributed by atoms with Crippen LogP contribution in [0.15, 0.2) is 22.7 Å². The number of hydrogen-bond acceptors (Lipinski definition) is 5. The van der Waals surface area contributed by atoms with E-state index < -0.39 is 16.0 Å². The first kappa shape index (κ1) is 14.8. The van der Waals surface area contributed by atoms with Gasteiger partial charge >= 0.3 is 5.97 Å². The van der Waals surface area contributed by atoms with Crippen molar-refractivity contribution < 1.29 is 17.9 Å². The van der Waals surface area contributed by atoms with Crippen LogP contribution in [0.1, 0.15) is 6.42 Å². The molecule has 0 aliphatic rings. The zero-order valence-electron chi connectivity index (χ0n) is 9.64. The summed E-state index contributed by atoms with van der Waals surface area (Å²) in [5.74, 6) is -0.911. The van der Waals surface area contributed by atoms with Crippen molar-refractivity contribution in [1.82, 2.24) is 0 Å². The summed E-state index contributed by atoms with van der Waals surface area (Å²) in [6, 6.07) is 4.68. The van der Waals surface area contributed by atoms with Crippen LogP contribution < -0.4 is 10.5 Å². The first-order valence-corrected chi connectivity index (χ1v) is 7.41. The first-order chi connectivity index (χ1) is 8.34. The van der Waals surface area contributed by atoms with E-state index in [1.165, 1.54) is 13.2 Å². The lowest BCUT2D eigenvalue weighted by Gasteiger charge is -2.08. The van der Waals surface area contributed by atoms with Gasteiger partial charge in [-0.3, -0.25) is 9.52 Å². The van der Waals surface area contributed by atoms with Gasteiger partial charge in [0.25, 0.3) is 0 Å². The molecular formula is C10H13BrN2O4S. The molecule has 0 radical (unpaired) electrons. The largest absolute Gasteiger partial charge is 0.469 e. The smallest absolute Gasteiger partial charge is 0.306 e. The lowest BCUT2D eigenvalue weighted by molar-refractivity contribution is -0.140. The summed E-state index contributed by atoms with van der Waals surface area (Å²) in [5.41, 5.74) is 6.39. The molecule has 6 nitrogen and oxygen atoms in total. The number of nitrogens with two attached hydrogens (primary N) is 1. The molecular weight excluding hydrogens is 324 g/mol. The van der Waals surface area contributed by atoms with Gasteiger partial charge in [-0.2, -0.15) is 0 Å². The van der Waals surface area contributed by atoms with Crippen LogP contribution in [0.25, 0.3) is 0 Å². The Labute approximate surface area is 114 Å². The third-order valence-corrected chi connectivity index (χ3v) is 4.08. The van der Waals surface area contributed by atoms with Crippen LogP contribution in [0.3, 0.4) is 0 Å². The number of benzene rings is 1. The summed E-state index contributed by atoms with van der Waals surface area (Å²) in [6.45, 7) is 0. The number of nitrogen functional groups attached to an aromatic ring is 1. The summed E-state index contributed by atoms with van der Waals surface area (Å²) in [7, 11) is -2.38. The molecule has 0 fully saturated rings. The molecule has 0 unspecified atom stereocenters. The molecule has 0 atom stereocenters. The van der Waals surface area contributed by atoms with Gasteiger partial charge in [0.05, 0.1) is 25.0 Å². The predicted octanol–water partition coefficient (Wildman–Crippen LogP) is 1.34. The van der Waals surface area contributed by atoms with Gasteiger partial charge in [-0.05, 0) is 34.1 Å². The molecule has 0 amide bonds. The quantitative estimate of drug-likeness (QED) is 0.624. The predicted molar refractivity (Wildman–Crippen MR) is 72.6 cm³/mol. The van der Waals surface area contributed by atoms with E-state index in [4.69, 9.17) is 5.73 Å². The highest BCUT2D eigenvalue weighted by Crippen LogP contribution is 2.23. The second kappa shape index (κ2) is 6.05. The van der Waals surface area contributed by atoms with Crippen molar-refractivity contribution in [3.05, 3.63) is 22.7 Å². The molecule has 100 valence electrons. The van der Waals surface area contributed by atoms with Gasteiger partial charge < -0.3 is 10.5 Å². The van der Waals surface area contributed by atoms with Gasteiger partial charge in [-0.1, -0.05) is 0 Å². The van der Waals surface area contributed by atoms with Gasteiger partial charge in [0.1, 0.15) is 0 Å². The molecule has 0 saturated heterocycles. The van der Waals surface area contributed by atoms with Crippen molar-refractivity contribution >= 4 is 43.3 Å². The summed E-state index contributed by atoms with van der Waals surface area (Å²) in [6.07, 6.45) is -0.197. The maximum Gasteiger partial charge on any atom is 0.306 e. The number of halogens is 1. The molecule has 0 aliphatic carbocycles. The van der Waals surface area contributed by atoms with Crippen LogP contribution in [-0.2, 0) is 19.6 Å². The molecule has 0 saturated carbocycles.